The second-order valence-electron chi connectivity index (χ2n) is 9.70. The number of hydrogen-bond donors (Lipinski definition) is 2. The molecule has 1 aromatic carbocycles. The van der Waals surface area contributed by atoms with Gasteiger partial charge in [0.2, 0.25) is 0 Å². The van der Waals surface area contributed by atoms with E-state index in [4.69, 9.17) is 0 Å². The van der Waals surface area contributed by atoms with E-state index in [0.717, 1.165) is 0 Å². The maximum atomic E-state index is 14.2. The minimum atomic E-state index is -8.58. The Morgan fingerprint density at radius 1 is 0.392 bits per heavy atom. The van der Waals surface area contributed by atoms with Gasteiger partial charge in [-0.2, -0.15) is 114 Å². The number of alkyl halides is 26. The molecule has 0 spiro atoms. The van der Waals surface area contributed by atoms with Gasteiger partial charge in [0, 0.05) is 0 Å². The predicted octanol–water partition coefficient (Wildman–Crippen LogP) is 9.35. The molecule has 0 radical (unpaired) electrons. The molecule has 0 atom stereocenters. The van der Waals surface area contributed by atoms with Crippen LogP contribution >= 0.6 is 0 Å². The number of rotatable bonds is 12. The molecule has 296 valence electrons. The highest BCUT2D eigenvalue weighted by molar-refractivity contribution is 6.04. The van der Waals surface area contributed by atoms with Gasteiger partial charge < -0.3 is 10.6 Å². The van der Waals surface area contributed by atoms with Gasteiger partial charge in [0.25, 0.3) is 0 Å². The molecule has 0 bridgehead atoms. The molecule has 0 saturated heterocycles. The normalized spacial score (nSPS) is 15.5. The first-order valence-electron chi connectivity index (χ1n) is 11.6. The van der Waals surface area contributed by atoms with Crippen LogP contribution < -0.4 is 10.6 Å². The fourth-order valence-electron chi connectivity index (χ4n) is 3.10. The molecule has 1 rings (SSSR count). The van der Waals surface area contributed by atoms with E-state index >= 15 is 0 Å². The van der Waals surface area contributed by atoms with Crippen molar-refractivity contribution in [1.29, 1.82) is 0 Å². The smallest absolute Gasteiger partial charge is 0.319 e. The number of carbonyl (C=O) groups is 2. The first kappa shape index (κ1) is 45.4. The van der Waals surface area contributed by atoms with E-state index in [2.05, 4.69) is 0 Å². The Labute approximate surface area is 261 Å². The van der Waals surface area contributed by atoms with Gasteiger partial charge in [-0.15, -0.1) is 0 Å². The van der Waals surface area contributed by atoms with E-state index in [1.54, 1.807) is 0 Å². The van der Waals surface area contributed by atoms with Gasteiger partial charge in [-0.25, -0.2) is 0 Å². The first-order valence-corrected chi connectivity index (χ1v) is 11.6. The minimum absolute atomic E-state index is 0.130. The highest BCUT2D eigenvalue weighted by Gasteiger charge is 2.93. The topological polar surface area (TPSA) is 58.2 Å². The molecule has 1 aromatic rings. The van der Waals surface area contributed by atoms with Crippen molar-refractivity contribution in [3.63, 3.8) is 0 Å². The fraction of sp³-hybridized carbons (Fsp3) is 0.619. The van der Waals surface area contributed by atoms with Crippen LogP contribution in [0.25, 0.3) is 0 Å². The molecule has 0 unspecified atom stereocenters. The van der Waals surface area contributed by atoms with Crippen LogP contribution in [0.2, 0.25) is 0 Å². The monoisotopic (exact) mass is 814 g/mol. The molecule has 0 aliphatic carbocycles. The summed E-state index contributed by atoms with van der Waals surface area (Å²) in [6.07, 6.45) is -15.7. The summed E-state index contributed by atoms with van der Waals surface area (Å²) < 4.78 is 346. The number of carbonyl (C=O) groups excluding carboxylic acids is 2. The number of anilines is 2. The van der Waals surface area contributed by atoms with Crippen LogP contribution in [-0.4, -0.2) is 83.4 Å². The molecule has 4 nitrogen and oxygen atoms in total. The zero-order valence-electron chi connectivity index (χ0n) is 22.9. The molecule has 0 aromatic heterocycles. The molecule has 2 amide bonds. The Morgan fingerprint density at radius 2 is 0.647 bits per heavy atom. The lowest BCUT2D eigenvalue weighted by Gasteiger charge is -2.39. The van der Waals surface area contributed by atoms with Crippen LogP contribution in [-0.2, 0) is 9.59 Å². The summed E-state index contributed by atoms with van der Waals surface area (Å²) in [5.74, 6) is -91.1. The molecule has 0 fully saturated rings. The van der Waals surface area contributed by atoms with Crippen molar-refractivity contribution in [2.24, 2.45) is 0 Å². The lowest BCUT2D eigenvalue weighted by Crippen LogP contribution is -2.71. The maximum Gasteiger partial charge on any atom is 0.460 e. The summed E-state index contributed by atoms with van der Waals surface area (Å²) in [5.41, 5.74) is -4.91. The minimum Gasteiger partial charge on any atom is -0.319 e. The summed E-state index contributed by atoms with van der Waals surface area (Å²) in [6.45, 7) is 0.661. The van der Waals surface area contributed by atoms with E-state index in [9.17, 15) is 124 Å². The molecular formula is C21H8F26N2O2. The Kier molecular flexibility index (Phi) is 10.9. The first-order chi connectivity index (χ1) is 21.9. The Balaban J connectivity index is 3.67. The van der Waals surface area contributed by atoms with E-state index < -0.39 is 100 Å². The van der Waals surface area contributed by atoms with Gasteiger partial charge in [-0.05, 0) is 24.6 Å². The van der Waals surface area contributed by atoms with Gasteiger partial charge in [-0.3, -0.25) is 9.59 Å². The van der Waals surface area contributed by atoms with Crippen LogP contribution in [0.1, 0.15) is 5.56 Å². The number of benzene rings is 1. The van der Waals surface area contributed by atoms with Crippen LogP contribution in [0.3, 0.4) is 0 Å². The number of hydrogen-bond acceptors (Lipinski definition) is 2. The average molecular weight is 814 g/mol. The van der Waals surface area contributed by atoms with Crippen molar-refractivity contribution in [3.05, 3.63) is 23.8 Å². The van der Waals surface area contributed by atoms with Gasteiger partial charge >= 0.3 is 83.4 Å². The van der Waals surface area contributed by atoms with Crippen molar-refractivity contribution in [2.75, 3.05) is 10.6 Å². The van der Waals surface area contributed by atoms with E-state index in [1.165, 1.54) is 0 Å². The van der Waals surface area contributed by atoms with E-state index in [0.29, 0.717) is 13.0 Å². The number of amides is 2. The van der Waals surface area contributed by atoms with Crippen LogP contribution in [0.5, 0.6) is 0 Å². The molecule has 0 heterocycles. The van der Waals surface area contributed by atoms with Crippen LogP contribution in [0.15, 0.2) is 18.2 Å². The predicted molar refractivity (Wildman–Crippen MR) is 110 cm³/mol. The molecule has 0 aliphatic heterocycles. The van der Waals surface area contributed by atoms with Crippen molar-refractivity contribution < 1.29 is 124 Å². The van der Waals surface area contributed by atoms with Crippen molar-refractivity contribution in [3.8, 4) is 0 Å². The van der Waals surface area contributed by atoms with E-state index in [-0.39, 0.29) is 22.8 Å². The second-order valence-corrected chi connectivity index (χ2v) is 9.70. The average Bonchev–Trinajstić information content (AvgIpc) is 2.92. The lowest BCUT2D eigenvalue weighted by atomic mass is 9.93. The molecule has 30 heteroatoms. The molecular weight excluding hydrogens is 806 g/mol. The summed E-state index contributed by atoms with van der Waals surface area (Å²) >= 11 is 0. The highest BCUT2D eigenvalue weighted by atomic mass is 19.4. The van der Waals surface area contributed by atoms with Crippen LogP contribution in [0, 0.1) is 6.92 Å². The number of nitrogens with one attached hydrogen (secondary N) is 2. The number of aryl methyl sites for hydroxylation is 1. The van der Waals surface area contributed by atoms with Crippen LogP contribution in [0.4, 0.5) is 126 Å². The molecule has 51 heavy (non-hydrogen) atoms. The summed E-state index contributed by atoms with van der Waals surface area (Å²) in [4.78, 5) is 23.5. The number of halogens is 26. The second kappa shape index (κ2) is 12.2. The van der Waals surface area contributed by atoms with Crippen molar-refractivity contribution in [2.45, 2.75) is 78.5 Å². The van der Waals surface area contributed by atoms with Gasteiger partial charge in [0.1, 0.15) is 0 Å². The fourth-order valence-corrected chi connectivity index (χ4v) is 3.10. The summed E-state index contributed by atoms with van der Waals surface area (Å²) in [7, 11) is 0. The van der Waals surface area contributed by atoms with Gasteiger partial charge in [0.15, 0.2) is 0 Å². The summed E-state index contributed by atoms with van der Waals surface area (Å²) in [6, 6.07) is 0.0224. The maximum absolute atomic E-state index is 14.2. The van der Waals surface area contributed by atoms with Gasteiger partial charge in [0.05, 0.1) is 11.4 Å². The van der Waals surface area contributed by atoms with Crippen molar-refractivity contribution >= 4 is 23.2 Å². The highest BCUT2D eigenvalue weighted by Crippen LogP contribution is 2.62. The van der Waals surface area contributed by atoms with Crippen molar-refractivity contribution in [1.82, 2.24) is 0 Å². The Hall–Kier alpha value is -3.66. The Bertz CT molecular complexity index is 1490. The third kappa shape index (κ3) is 6.40. The Morgan fingerprint density at radius 3 is 0.922 bits per heavy atom. The zero-order chi connectivity index (χ0) is 41.4. The van der Waals surface area contributed by atoms with E-state index in [1.807, 2.05) is 0 Å². The molecule has 0 saturated carbocycles. The molecule has 0 aliphatic rings. The zero-order valence-corrected chi connectivity index (χ0v) is 22.9. The quantitative estimate of drug-likeness (QED) is 0.207. The third-order valence-electron chi connectivity index (χ3n) is 6.11. The third-order valence-corrected chi connectivity index (χ3v) is 6.11. The molecule has 2 N–H and O–H groups in total. The largest absolute Gasteiger partial charge is 0.460 e. The standard InChI is InChI=1S/C21H8F26N2O2/c1-5-2-3-6(48-8(50)10(22,23)12(26,27)14(30,31)16(34,35)18(38,39)20(42,43)44)7(4-5)49-9(51)11(24,25)13(28,29)15(32,33)17(36,37)19(40,41)21(45,46)47/h2-4H,1H3,(H,48,50)(H,49,51). The lowest BCUT2D eigenvalue weighted by molar-refractivity contribution is -0.436. The SMILES string of the molecule is Cc1ccc(NC(=O)C(F)(F)C(F)(F)C(F)(F)C(F)(F)C(F)(F)C(F)(F)F)c(NC(=O)C(F)(F)C(F)(F)C(F)(F)C(F)(F)C(F)(F)C(F)(F)F)c1. The summed E-state index contributed by atoms with van der Waals surface area (Å²) in [5, 5.41) is 0.347. The van der Waals surface area contributed by atoms with Gasteiger partial charge in [-0.1, -0.05) is 6.07 Å².